The number of hydrogen-bond acceptors (Lipinski definition) is 5. The Morgan fingerprint density at radius 3 is 2.74 bits per heavy atom. The molecule has 2 heterocycles. The molecule has 1 saturated heterocycles. The Kier molecular flexibility index (Phi) is 4.06. The third-order valence-electron chi connectivity index (χ3n) is 3.29. The fourth-order valence-corrected chi connectivity index (χ4v) is 2.65. The van der Waals surface area contributed by atoms with Gasteiger partial charge in [-0.15, -0.1) is 6.58 Å². The Morgan fingerprint density at radius 2 is 2.04 bits per heavy atom. The molecule has 2 amide bonds. The van der Waals surface area contributed by atoms with Gasteiger partial charge in [-0.1, -0.05) is 17.7 Å². The summed E-state index contributed by atoms with van der Waals surface area (Å²) in [6.45, 7) is 3.87. The molecule has 23 heavy (non-hydrogen) atoms. The summed E-state index contributed by atoms with van der Waals surface area (Å²) in [4.78, 5) is 25.8. The number of thiocarbonyl (C=S) groups is 1. The molecular weight excluding hydrogens is 340 g/mol. The molecular formula is C15H11ClN2O4S. The average molecular weight is 351 g/mol. The highest BCUT2D eigenvalue weighted by Gasteiger charge is 2.33. The topological polar surface area (TPSA) is 67.9 Å². The molecule has 0 atom stereocenters. The van der Waals surface area contributed by atoms with Crippen LogP contribution in [0.4, 0.5) is 0 Å². The minimum absolute atomic E-state index is 0.0498. The van der Waals surface area contributed by atoms with Gasteiger partial charge in [0.05, 0.1) is 5.02 Å². The van der Waals surface area contributed by atoms with Crippen molar-refractivity contribution < 1.29 is 19.1 Å². The Hall–Kier alpha value is -2.38. The third-order valence-corrected chi connectivity index (χ3v) is 3.94. The van der Waals surface area contributed by atoms with E-state index in [4.69, 9.17) is 33.3 Å². The second-order valence-corrected chi connectivity index (χ2v) is 5.54. The van der Waals surface area contributed by atoms with Crippen LogP contribution in [0.15, 0.2) is 30.4 Å². The summed E-state index contributed by atoms with van der Waals surface area (Å²) in [5.74, 6) is -0.0594. The first-order valence-corrected chi connectivity index (χ1v) is 7.39. The highest BCUT2D eigenvalue weighted by Crippen LogP contribution is 2.37. The van der Waals surface area contributed by atoms with E-state index in [1.54, 1.807) is 12.1 Å². The Morgan fingerprint density at radius 1 is 1.35 bits per heavy atom. The Bertz CT molecular complexity index is 775. The summed E-state index contributed by atoms with van der Waals surface area (Å²) in [7, 11) is 0. The van der Waals surface area contributed by atoms with Crippen molar-refractivity contribution in [2.45, 2.75) is 0 Å². The van der Waals surface area contributed by atoms with Crippen molar-refractivity contribution in [1.82, 2.24) is 10.2 Å². The van der Waals surface area contributed by atoms with Crippen molar-refractivity contribution in [2.75, 3.05) is 13.3 Å². The fraction of sp³-hybridized carbons (Fsp3) is 0.133. The first kappa shape index (κ1) is 15.5. The van der Waals surface area contributed by atoms with Gasteiger partial charge in [-0.3, -0.25) is 19.8 Å². The zero-order chi connectivity index (χ0) is 16.6. The predicted molar refractivity (Wildman–Crippen MR) is 88.2 cm³/mol. The van der Waals surface area contributed by atoms with E-state index < -0.39 is 11.8 Å². The minimum Gasteiger partial charge on any atom is -0.454 e. The van der Waals surface area contributed by atoms with Crippen LogP contribution in [0.3, 0.4) is 0 Å². The van der Waals surface area contributed by atoms with E-state index in [1.165, 1.54) is 17.1 Å². The second-order valence-electron chi connectivity index (χ2n) is 4.75. The normalized spacial score (nSPS) is 18.4. The van der Waals surface area contributed by atoms with Crippen molar-refractivity contribution in [1.29, 1.82) is 0 Å². The lowest BCUT2D eigenvalue weighted by Crippen LogP contribution is -2.53. The summed E-state index contributed by atoms with van der Waals surface area (Å²) in [5, 5.41) is 2.86. The summed E-state index contributed by atoms with van der Waals surface area (Å²) in [6, 6.07) is 3.19. The van der Waals surface area contributed by atoms with E-state index in [9.17, 15) is 9.59 Å². The molecule has 0 aliphatic carbocycles. The van der Waals surface area contributed by atoms with Crippen molar-refractivity contribution in [3.63, 3.8) is 0 Å². The predicted octanol–water partition coefficient (Wildman–Crippen LogP) is 1.88. The summed E-state index contributed by atoms with van der Waals surface area (Å²) < 4.78 is 10.5. The highest BCUT2D eigenvalue weighted by atomic mass is 35.5. The van der Waals surface area contributed by atoms with E-state index >= 15 is 0 Å². The number of ether oxygens (including phenoxy) is 2. The van der Waals surface area contributed by atoms with Crippen LogP contribution in [0.25, 0.3) is 6.08 Å². The molecule has 0 radical (unpaired) electrons. The molecule has 118 valence electrons. The van der Waals surface area contributed by atoms with Crippen molar-refractivity contribution >= 4 is 46.8 Å². The van der Waals surface area contributed by atoms with Gasteiger partial charge in [0.25, 0.3) is 11.8 Å². The van der Waals surface area contributed by atoms with Gasteiger partial charge in [-0.05, 0) is 29.9 Å². The van der Waals surface area contributed by atoms with Crippen LogP contribution in [-0.4, -0.2) is 35.2 Å². The number of nitrogens with zero attached hydrogens (tertiary/aromatic N) is 1. The first-order valence-electron chi connectivity index (χ1n) is 6.60. The van der Waals surface area contributed by atoms with Crippen LogP contribution in [0.2, 0.25) is 5.02 Å². The molecule has 0 bridgehead atoms. The summed E-state index contributed by atoms with van der Waals surface area (Å²) >= 11 is 11.2. The lowest BCUT2D eigenvalue weighted by molar-refractivity contribution is -0.128. The largest absolute Gasteiger partial charge is 0.454 e. The molecule has 0 spiro atoms. The SMILES string of the molecule is C=CCN1C(=O)/C(=C\c2cc3c(cc2Cl)OCO3)C(=O)NC1=S. The van der Waals surface area contributed by atoms with Crippen molar-refractivity contribution in [2.24, 2.45) is 0 Å². The molecule has 6 nitrogen and oxygen atoms in total. The lowest BCUT2D eigenvalue weighted by atomic mass is 10.1. The van der Waals surface area contributed by atoms with Crippen LogP contribution in [-0.2, 0) is 9.59 Å². The van der Waals surface area contributed by atoms with E-state index in [-0.39, 0.29) is 24.0 Å². The van der Waals surface area contributed by atoms with Gasteiger partial charge in [0.15, 0.2) is 16.6 Å². The monoisotopic (exact) mass is 350 g/mol. The maximum Gasteiger partial charge on any atom is 0.265 e. The molecule has 2 aliphatic rings. The van der Waals surface area contributed by atoms with E-state index in [2.05, 4.69) is 11.9 Å². The number of benzene rings is 1. The number of hydrogen-bond donors (Lipinski definition) is 1. The Labute approximate surface area is 142 Å². The molecule has 3 rings (SSSR count). The van der Waals surface area contributed by atoms with Crippen molar-refractivity contribution in [3.05, 3.63) is 40.9 Å². The number of fused-ring (bicyclic) bond motifs is 1. The molecule has 1 aromatic rings. The van der Waals surface area contributed by atoms with Gasteiger partial charge < -0.3 is 9.47 Å². The number of rotatable bonds is 3. The number of amides is 2. The third kappa shape index (κ3) is 2.80. The quantitative estimate of drug-likeness (QED) is 0.390. The van der Waals surface area contributed by atoms with Gasteiger partial charge in [0.2, 0.25) is 6.79 Å². The number of halogens is 1. The minimum atomic E-state index is -0.575. The smallest absolute Gasteiger partial charge is 0.265 e. The van der Waals surface area contributed by atoms with Crippen LogP contribution < -0.4 is 14.8 Å². The van der Waals surface area contributed by atoms with Crippen LogP contribution >= 0.6 is 23.8 Å². The number of carbonyl (C=O) groups excluding carboxylic acids is 2. The van der Waals surface area contributed by atoms with Gasteiger partial charge in [0, 0.05) is 12.6 Å². The van der Waals surface area contributed by atoms with Crippen LogP contribution in [0, 0.1) is 0 Å². The van der Waals surface area contributed by atoms with Gasteiger partial charge >= 0.3 is 0 Å². The summed E-state index contributed by atoms with van der Waals surface area (Å²) in [6.07, 6.45) is 2.92. The molecule has 0 saturated carbocycles. The van der Waals surface area contributed by atoms with E-state index in [0.29, 0.717) is 22.1 Å². The van der Waals surface area contributed by atoms with E-state index in [1.807, 2.05) is 0 Å². The molecule has 1 N–H and O–H groups in total. The molecule has 1 aromatic carbocycles. The van der Waals surface area contributed by atoms with Gasteiger partial charge in [0.1, 0.15) is 5.57 Å². The molecule has 2 aliphatic heterocycles. The first-order chi connectivity index (χ1) is 11.0. The zero-order valence-corrected chi connectivity index (χ0v) is 13.4. The van der Waals surface area contributed by atoms with Gasteiger partial charge in [-0.2, -0.15) is 0 Å². The lowest BCUT2D eigenvalue weighted by Gasteiger charge is -2.27. The molecule has 0 unspecified atom stereocenters. The second kappa shape index (κ2) is 6.02. The van der Waals surface area contributed by atoms with Crippen LogP contribution in [0.1, 0.15) is 5.56 Å². The molecule has 8 heteroatoms. The zero-order valence-electron chi connectivity index (χ0n) is 11.8. The number of carbonyl (C=O) groups is 2. The highest BCUT2D eigenvalue weighted by molar-refractivity contribution is 7.80. The van der Waals surface area contributed by atoms with Gasteiger partial charge in [-0.25, -0.2) is 0 Å². The maximum absolute atomic E-state index is 12.4. The average Bonchev–Trinajstić information content (AvgIpc) is 2.94. The van der Waals surface area contributed by atoms with Crippen LogP contribution in [0.5, 0.6) is 11.5 Å². The standard InChI is InChI=1S/C15H11ClN2O4S/c1-2-3-18-14(20)9(13(19)17-15(18)23)4-8-5-11-12(6-10(8)16)22-7-21-11/h2,4-6H,1,3,7H2,(H,17,19,23)/b9-4-. The number of nitrogens with one attached hydrogen (secondary N) is 1. The van der Waals surface area contributed by atoms with Crippen molar-refractivity contribution in [3.8, 4) is 11.5 Å². The fourth-order valence-electron chi connectivity index (χ4n) is 2.19. The summed E-state index contributed by atoms with van der Waals surface area (Å²) in [5.41, 5.74) is 0.405. The van der Waals surface area contributed by atoms with E-state index in [0.717, 1.165) is 0 Å². The Balaban J connectivity index is 2.01. The maximum atomic E-state index is 12.4. The molecule has 1 fully saturated rings. The molecule has 0 aromatic heterocycles.